The molecular formula is C12H18N2O4S2. The highest BCUT2D eigenvalue weighted by molar-refractivity contribution is 8.00. The van der Waals surface area contributed by atoms with E-state index in [-0.39, 0.29) is 16.2 Å². The molecule has 8 heteroatoms. The Morgan fingerprint density at radius 2 is 2.20 bits per heavy atom. The molecule has 2 aliphatic heterocycles. The first-order valence-electron chi connectivity index (χ1n) is 6.66. The third kappa shape index (κ3) is 2.28. The van der Waals surface area contributed by atoms with Gasteiger partial charge in [-0.15, -0.1) is 0 Å². The molecule has 2 fully saturated rings. The minimum absolute atomic E-state index is 0.0150. The van der Waals surface area contributed by atoms with Crippen molar-refractivity contribution in [1.82, 2.24) is 9.46 Å². The van der Waals surface area contributed by atoms with Crippen molar-refractivity contribution in [2.75, 3.05) is 25.5 Å². The average Bonchev–Trinajstić information content (AvgIpc) is 2.78. The van der Waals surface area contributed by atoms with E-state index in [2.05, 4.69) is 5.16 Å². The van der Waals surface area contributed by atoms with Crippen molar-refractivity contribution in [3.8, 4) is 0 Å². The summed E-state index contributed by atoms with van der Waals surface area (Å²) in [5, 5.41) is 4.00. The Hall–Kier alpha value is -0.570. The van der Waals surface area contributed by atoms with Crippen LogP contribution in [0.4, 0.5) is 0 Å². The molecule has 1 aromatic heterocycles. The highest BCUT2D eigenvalue weighted by atomic mass is 32.2. The molecule has 0 aliphatic carbocycles. The van der Waals surface area contributed by atoms with Gasteiger partial charge in [-0.25, -0.2) is 8.42 Å². The van der Waals surface area contributed by atoms with Crippen molar-refractivity contribution in [1.29, 1.82) is 0 Å². The van der Waals surface area contributed by atoms with Gasteiger partial charge in [0.2, 0.25) is 10.0 Å². The molecule has 0 N–H and O–H groups in total. The first kappa shape index (κ1) is 14.4. The van der Waals surface area contributed by atoms with Crippen LogP contribution in [-0.2, 0) is 14.8 Å². The zero-order valence-electron chi connectivity index (χ0n) is 11.5. The number of ether oxygens (including phenoxy) is 1. The van der Waals surface area contributed by atoms with Gasteiger partial charge in [-0.05, 0) is 20.3 Å². The van der Waals surface area contributed by atoms with Gasteiger partial charge in [0, 0.05) is 30.2 Å². The standard InChI is InChI=1S/C12H18N2O4S2/c1-8-12(9(2)18-13-8)20(15,16)14-4-6-19-11-7-17-5-3-10(11)14/h10-11H,3-7H2,1-2H3/t10-,11+/m0/s1. The smallest absolute Gasteiger partial charge is 0.248 e. The molecule has 0 saturated carbocycles. The summed E-state index contributed by atoms with van der Waals surface area (Å²) >= 11 is 1.80. The SMILES string of the molecule is Cc1noc(C)c1S(=O)(=O)N1CCS[C@@H]2COCC[C@@H]21. The molecule has 0 amide bonds. The van der Waals surface area contributed by atoms with Crippen molar-refractivity contribution in [2.45, 2.75) is 36.5 Å². The van der Waals surface area contributed by atoms with Crippen LogP contribution in [0.3, 0.4) is 0 Å². The second kappa shape index (κ2) is 5.32. The van der Waals surface area contributed by atoms with Gasteiger partial charge in [0.15, 0.2) is 5.76 Å². The number of thioether (sulfide) groups is 1. The van der Waals surface area contributed by atoms with Crippen LogP contribution in [0.25, 0.3) is 0 Å². The molecule has 2 aliphatic rings. The summed E-state index contributed by atoms with van der Waals surface area (Å²) < 4.78 is 38.0. The van der Waals surface area contributed by atoms with Crippen molar-refractivity contribution < 1.29 is 17.7 Å². The van der Waals surface area contributed by atoms with E-state index < -0.39 is 10.0 Å². The monoisotopic (exact) mass is 318 g/mol. The third-order valence-electron chi connectivity index (χ3n) is 3.82. The van der Waals surface area contributed by atoms with Gasteiger partial charge in [0.1, 0.15) is 10.6 Å². The highest BCUT2D eigenvalue weighted by Gasteiger charge is 2.42. The van der Waals surface area contributed by atoms with Gasteiger partial charge >= 0.3 is 0 Å². The van der Waals surface area contributed by atoms with Gasteiger partial charge in [-0.3, -0.25) is 0 Å². The molecular weight excluding hydrogens is 300 g/mol. The fraction of sp³-hybridized carbons (Fsp3) is 0.750. The quantitative estimate of drug-likeness (QED) is 0.815. The topological polar surface area (TPSA) is 72.6 Å². The first-order chi connectivity index (χ1) is 9.51. The zero-order chi connectivity index (χ0) is 14.3. The Labute approximate surface area is 122 Å². The average molecular weight is 318 g/mol. The summed E-state index contributed by atoms with van der Waals surface area (Å²) in [7, 11) is -3.54. The molecule has 3 rings (SSSR count). The van der Waals surface area contributed by atoms with Gasteiger partial charge in [-0.1, -0.05) is 5.16 Å². The largest absolute Gasteiger partial charge is 0.380 e. The van der Waals surface area contributed by atoms with Gasteiger partial charge in [0.25, 0.3) is 0 Å². The van der Waals surface area contributed by atoms with Crippen LogP contribution in [0.5, 0.6) is 0 Å². The Bertz CT molecular complexity index is 577. The summed E-state index contributed by atoms with van der Waals surface area (Å²) in [4.78, 5) is 0.231. The summed E-state index contributed by atoms with van der Waals surface area (Å²) in [6.45, 7) is 5.10. The first-order valence-corrected chi connectivity index (χ1v) is 9.15. The number of aromatic nitrogens is 1. The van der Waals surface area contributed by atoms with Crippen LogP contribution < -0.4 is 0 Å². The lowest BCUT2D eigenvalue weighted by Crippen LogP contribution is -2.54. The summed E-state index contributed by atoms with van der Waals surface area (Å²) in [5.41, 5.74) is 0.435. The van der Waals surface area contributed by atoms with Crippen LogP contribution >= 0.6 is 11.8 Å². The van der Waals surface area contributed by atoms with E-state index >= 15 is 0 Å². The molecule has 0 aromatic carbocycles. The number of hydrogen-bond donors (Lipinski definition) is 0. The minimum atomic E-state index is -3.54. The maximum Gasteiger partial charge on any atom is 0.248 e. The maximum absolute atomic E-state index is 12.9. The van der Waals surface area contributed by atoms with Crippen LogP contribution in [0, 0.1) is 13.8 Å². The highest BCUT2D eigenvalue weighted by Crippen LogP contribution is 2.35. The van der Waals surface area contributed by atoms with Crippen molar-refractivity contribution in [2.24, 2.45) is 0 Å². The molecule has 112 valence electrons. The number of nitrogens with zero attached hydrogens (tertiary/aromatic N) is 2. The molecule has 2 atom stereocenters. The van der Waals surface area contributed by atoms with E-state index in [0.717, 1.165) is 12.2 Å². The number of aryl methyl sites for hydroxylation is 2. The summed E-state index contributed by atoms with van der Waals surface area (Å²) in [6.07, 6.45) is 0.750. The summed E-state index contributed by atoms with van der Waals surface area (Å²) in [5.74, 6) is 1.16. The molecule has 6 nitrogen and oxygen atoms in total. The second-order valence-electron chi connectivity index (χ2n) is 5.11. The maximum atomic E-state index is 12.9. The van der Waals surface area contributed by atoms with Crippen molar-refractivity contribution >= 4 is 21.8 Å². The second-order valence-corrected chi connectivity index (χ2v) is 8.28. The van der Waals surface area contributed by atoms with Crippen molar-refractivity contribution in [3.63, 3.8) is 0 Å². The lowest BCUT2D eigenvalue weighted by molar-refractivity contribution is 0.0625. The van der Waals surface area contributed by atoms with Crippen LogP contribution in [0.2, 0.25) is 0 Å². The number of fused-ring (bicyclic) bond motifs is 1. The molecule has 0 bridgehead atoms. The van der Waals surface area contributed by atoms with E-state index in [9.17, 15) is 8.42 Å². The molecule has 0 radical (unpaired) electrons. The predicted octanol–water partition coefficient (Wildman–Crippen LogP) is 1.19. The molecule has 0 spiro atoms. The zero-order valence-corrected chi connectivity index (χ0v) is 13.2. The number of sulfonamides is 1. The fourth-order valence-corrected chi connectivity index (χ4v) is 6.39. The van der Waals surface area contributed by atoms with E-state index in [1.807, 2.05) is 0 Å². The molecule has 1 aromatic rings. The number of hydrogen-bond acceptors (Lipinski definition) is 6. The van der Waals surface area contributed by atoms with Crippen molar-refractivity contribution in [3.05, 3.63) is 11.5 Å². The van der Waals surface area contributed by atoms with E-state index in [1.165, 1.54) is 0 Å². The van der Waals surface area contributed by atoms with E-state index in [4.69, 9.17) is 9.26 Å². The Morgan fingerprint density at radius 3 is 2.90 bits per heavy atom. The molecule has 0 unspecified atom stereocenters. The van der Waals surface area contributed by atoms with Gasteiger partial charge in [0.05, 0.1) is 6.61 Å². The lowest BCUT2D eigenvalue weighted by Gasteiger charge is -2.42. The third-order valence-corrected chi connectivity index (χ3v) is 7.28. The predicted molar refractivity (Wildman–Crippen MR) is 75.3 cm³/mol. The Kier molecular flexibility index (Phi) is 3.83. The molecule has 3 heterocycles. The van der Waals surface area contributed by atoms with Crippen LogP contribution in [-0.4, -0.2) is 54.7 Å². The van der Waals surface area contributed by atoms with Gasteiger partial charge < -0.3 is 9.26 Å². The number of rotatable bonds is 2. The van der Waals surface area contributed by atoms with Gasteiger partial charge in [-0.2, -0.15) is 16.1 Å². The normalized spacial score (nSPS) is 28.3. The van der Waals surface area contributed by atoms with E-state index in [0.29, 0.717) is 31.2 Å². The fourth-order valence-electron chi connectivity index (χ4n) is 2.91. The lowest BCUT2D eigenvalue weighted by atomic mass is 10.1. The van der Waals surface area contributed by atoms with Crippen LogP contribution in [0.15, 0.2) is 9.42 Å². The summed E-state index contributed by atoms with van der Waals surface area (Å²) in [6, 6.07) is 0.0150. The Morgan fingerprint density at radius 1 is 1.40 bits per heavy atom. The molecule has 2 saturated heterocycles. The Balaban J connectivity index is 1.98. The minimum Gasteiger partial charge on any atom is -0.380 e. The molecule has 20 heavy (non-hydrogen) atoms. The van der Waals surface area contributed by atoms with E-state index in [1.54, 1.807) is 29.9 Å². The van der Waals surface area contributed by atoms with Crippen LogP contribution in [0.1, 0.15) is 17.9 Å².